The number of carbonyl (C=O) groups excluding carboxylic acids is 3. The van der Waals surface area contributed by atoms with Crippen molar-refractivity contribution in [3.63, 3.8) is 0 Å². The summed E-state index contributed by atoms with van der Waals surface area (Å²) in [4.78, 5) is 36.1. The van der Waals surface area contributed by atoms with Crippen molar-refractivity contribution in [2.24, 2.45) is 5.92 Å². The van der Waals surface area contributed by atoms with Gasteiger partial charge in [0.05, 0.1) is 26.2 Å². The average molecular weight is 471 g/mol. The molecule has 0 saturated heterocycles. The fourth-order valence-corrected chi connectivity index (χ4v) is 3.55. The second-order valence-corrected chi connectivity index (χ2v) is 7.71. The molecule has 0 aliphatic heterocycles. The van der Waals surface area contributed by atoms with E-state index in [0.717, 1.165) is 0 Å². The third kappa shape index (κ3) is 4.77. The molecule has 3 rings (SSSR count). The molecule has 1 aromatic heterocycles. The minimum absolute atomic E-state index is 0.0234. The summed E-state index contributed by atoms with van der Waals surface area (Å²) in [5.41, 5.74) is 0.115. The molecule has 1 N–H and O–H groups in total. The summed E-state index contributed by atoms with van der Waals surface area (Å²) in [6, 6.07) is 8.21. The van der Waals surface area contributed by atoms with Crippen molar-refractivity contribution in [3.05, 3.63) is 46.8 Å². The number of fused-ring (bicyclic) bond motifs is 2. The largest absolute Gasteiger partial charge is 0.617 e. The van der Waals surface area contributed by atoms with Gasteiger partial charge in [-0.15, -0.1) is 0 Å². The lowest BCUT2D eigenvalue weighted by molar-refractivity contribution is -0.591. The van der Waals surface area contributed by atoms with Crippen LogP contribution in [0.1, 0.15) is 20.3 Å². The Morgan fingerprint density at radius 3 is 2.06 bits per heavy atom. The molecule has 11 heteroatoms. The van der Waals surface area contributed by atoms with Crippen molar-refractivity contribution in [2.75, 3.05) is 20.8 Å². The molecule has 0 aliphatic carbocycles. The van der Waals surface area contributed by atoms with Crippen LogP contribution >= 0.6 is 0 Å². The number of Topliss-reactive ketones (excluding diaryl/α,β-unsaturated/α-hetero) is 1. The maximum absolute atomic E-state index is 13.1. The van der Waals surface area contributed by atoms with Gasteiger partial charge in [-0.2, -0.15) is 9.46 Å². The first-order valence-corrected chi connectivity index (χ1v) is 10.5. The van der Waals surface area contributed by atoms with Gasteiger partial charge in [0.15, 0.2) is 23.9 Å². The number of ether oxygens (including phenoxy) is 3. The molecule has 1 amide bonds. The molecule has 3 aromatic rings. The van der Waals surface area contributed by atoms with E-state index in [-0.39, 0.29) is 45.8 Å². The van der Waals surface area contributed by atoms with Crippen LogP contribution in [-0.2, 0) is 19.1 Å². The lowest BCUT2D eigenvalue weighted by Crippen LogP contribution is -2.42. The van der Waals surface area contributed by atoms with E-state index in [1.807, 2.05) is 0 Å². The Labute approximate surface area is 195 Å². The second kappa shape index (κ2) is 10.2. The van der Waals surface area contributed by atoms with Crippen LogP contribution in [0.15, 0.2) is 36.4 Å². The normalized spacial score (nSPS) is 12.7. The van der Waals surface area contributed by atoms with Crippen molar-refractivity contribution in [3.8, 4) is 11.5 Å². The van der Waals surface area contributed by atoms with Crippen LogP contribution in [0, 0.1) is 16.3 Å². The molecule has 0 bridgehead atoms. The third-order valence-electron chi connectivity index (χ3n) is 5.35. The monoisotopic (exact) mass is 471 g/mol. The van der Waals surface area contributed by atoms with Gasteiger partial charge in [0, 0.05) is 18.6 Å². The molecule has 180 valence electrons. The van der Waals surface area contributed by atoms with Crippen LogP contribution in [0.3, 0.4) is 0 Å². The Bertz CT molecular complexity index is 1260. The van der Waals surface area contributed by atoms with Gasteiger partial charge in [-0.25, -0.2) is 0 Å². The van der Waals surface area contributed by atoms with Gasteiger partial charge in [-0.05, 0) is 19.1 Å². The highest BCUT2D eigenvalue weighted by Crippen LogP contribution is 2.26. The smallest absolute Gasteiger partial charge is 0.332 e. The van der Waals surface area contributed by atoms with E-state index in [4.69, 9.17) is 9.47 Å². The van der Waals surface area contributed by atoms with Crippen LogP contribution in [-0.4, -0.2) is 44.5 Å². The number of para-hydroxylation sites is 2. The number of benzene rings is 2. The quantitative estimate of drug-likeness (QED) is 0.210. The number of carbonyl (C=O) groups is 3. The summed E-state index contributed by atoms with van der Waals surface area (Å²) in [5, 5.41) is 28.5. The molecule has 1 heterocycles. The zero-order valence-corrected chi connectivity index (χ0v) is 19.2. The van der Waals surface area contributed by atoms with Crippen LogP contribution in [0.2, 0.25) is 0 Å². The number of nitrogens with zero attached hydrogens (tertiary/aromatic N) is 2. The lowest BCUT2D eigenvalue weighted by atomic mass is 10.0. The summed E-state index contributed by atoms with van der Waals surface area (Å²) < 4.78 is 16.5. The maximum atomic E-state index is 13.1. The summed E-state index contributed by atoms with van der Waals surface area (Å²) in [6.45, 7) is 2.55. The fourth-order valence-electron chi connectivity index (χ4n) is 3.55. The molecular weight excluding hydrogens is 446 g/mol. The van der Waals surface area contributed by atoms with Gasteiger partial charge in [-0.3, -0.25) is 14.4 Å². The molecule has 2 atom stereocenters. The van der Waals surface area contributed by atoms with Crippen molar-refractivity contribution in [1.82, 2.24) is 5.32 Å². The number of hydrogen-bond acceptors (Lipinski definition) is 8. The highest BCUT2D eigenvalue weighted by atomic mass is 16.5. The van der Waals surface area contributed by atoms with E-state index in [1.165, 1.54) is 45.4 Å². The van der Waals surface area contributed by atoms with E-state index in [9.17, 15) is 24.8 Å². The number of nitrogens with one attached hydrogen (secondary N) is 1. The molecule has 0 unspecified atom stereocenters. The Morgan fingerprint density at radius 1 is 0.941 bits per heavy atom. The molecular formula is C23H25N3O8. The van der Waals surface area contributed by atoms with Gasteiger partial charge in [-0.1, -0.05) is 19.1 Å². The minimum Gasteiger partial charge on any atom is -0.617 e. The summed E-state index contributed by atoms with van der Waals surface area (Å²) in [5.74, 6) is -1.85. The Kier molecular flexibility index (Phi) is 7.34. The molecule has 34 heavy (non-hydrogen) atoms. The first kappa shape index (κ1) is 24.5. The number of aromatic nitrogens is 2. The third-order valence-corrected chi connectivity index (χ3v) is 5.35. The first-order chi connectivity index (χ1) is 16.2. The molecule has 0 fully saturated rings. The fraction of sp³-hybridized carbons (Fsp3) is 0.348. The van der Waals surface area contributed by atoms with Crippen molar-refractivity contribution in [1.29, 1.82) is 0 Å². The number of amides is 1. The first-order valence-electron chi connectivity index (χ1n) is 10.5. The number of esters is 1. The summed E-state index contributed by atoms with van der Waals surface area (Å²) in [7, 11) is 2.63. The molecule has 0 saturated carbocycles. The van der Waals surface area contributed by atoms with Gasteiger partial charge in [0.2, 0.25) is 0 Å². The zero-order valence-electron chi connectivity index (χ0n) is 19.2. The number of rotatable bonds is 9. The number of methoxy groups -OCH3 is 2. The summed E-state index contributed by atoms with van der Waals surface area (Å²) in [6.07, 6.45) is -0.0888. The SMILES string of the molecule is COC(=O)[C@@H](C)CC(=O)[C@@H](C)NC(=O)COc1cccc2c1[n+]([O-])c1cccc(OC)c1[n+]2[O-]. The summed E-state index contributed by atoms with van der Waals surface area (Å²) >= 11 is 0. The van der Waals surface area contributed by atoms with Gasteiger partial charge in [0.25, 0.3) is 16.9 Å². The Morgan fingerprint density at radius 2 is 1.50 bits per heavy atom. The van der Waals surface area contributed by atoms with Crippen LogP contribution < -0.4 is 24.3 Å². The van der Waals surface area contributed by atoms with Crippen molar-refractivity contribution >= 4 is 39.7 Å². The Balaban J connectivity index is 1.79. The standard InChI is InChI=1S/C23H25N3O8/c1-13(23(29)33-4)11-17(27)14(2)24-20(28)12-34-19-10-6-8-16-22(19)26(31)15-7-5-9-18(32-3)21(15)25(16)30/h5-10,13-14H,11-12H2,1-4H3,(H,24,28)/t13-,14+/m0/s1. The molecule has 2 aromatic carbocycles. The van der Waals surface area contributed by atoms with Crippen molar-refractivity contribution < 1.29 is 38.1 Å². The van der Waals surface area contributed by atoms with E-state index < -0.39 is 30.4 Å². The Hall–Kier alpha value is -4.15. The second-order valence-electron chi connectivity index (χ2n) is 7.71. The average Bonchev–Trinajstić information content (AvgIpc) is 2.84. The van der Waals surface area contributed by atoms with Gasteiger partial charge < -0.3 is 29.9 Å². The zero-order chi connectivity index (χ0) is 25.0. The highest BCUT2D eigenvalue weighted by Gasteiger charge is 2.28. The highest BCUT2D eigenvalue weighted by molar-refractivity contribution is 5.91. The maximum Gasteiger partial charge on any atom is 0.332 e. The molecule has 0 aliphatic rings. The molecule has 0 spiro atoms. The predicted octanol–water partition coefficient (Wildman–Crippen LogP) is 0.920. The number of hydrogen-bond donors (Lipinski definition) is 1. The van der Waals surface area contributed by atoms with Gasteiger partial charge in [0.1, 0.15) is 0 Å². The van der Waals surface area contributed by atoms with E-state index in [1.54, 1.807) is 19.1 Å². The van der Waals surface area contributed by atoms with Gasteiger partial charge >= 0.3 is 17.0 Å². The lowest BCUT2D eigenvalue weighted by Gasteiger charge is -2.15. The van der Waals surface area contributed by atoms with E-state index in [2.05, 4.69) is 10.1 Å². The molecule has 0 radical (unpaired) electrons. The number of ketones is 1. The topological polar surface area (TPSA) is 145 Å². The van der Waals surface area contributed by atoms with E-state index >= 15 is 0 Å². The van der Waals surface area contributed by atoms with Crippen LogP contribution in [0.4, 0.5) is 0 Å². The molecule has 11 nitrogen and oxygen atoms in total. The predicted molar refractivity (Wildman–Crippen MR) is 120 cm³/mol. The minimum atomic E-state index is -0.861. The van der Waals surface area contributed by atoms with Crippen molar-refractivity contribution in [2.45, 2.75) is 26.3 Å². The van der Waals surface area contributed by atoms with Crippen LogP contribution in [0.5, 0.6) is 11.5 Å². The van der Waals surface area contributed by atoms with Crippen LogP contribution in [0.25, 0.3) is 22.1 Å². The van der Waals surface area contributed by atoms with E-state index in [0.29, 0.717) is 9.46 Å².